The van der Waals surface area contributed by atoms with E-state index in [1.165, 1.54) is 20.9 Å². The van der Waals surface area contributed by atoms with Crippen molar-refractivity contribution in [1.29, 1.82) is 0 Å². The van der Waals surface area contributed by atoms with Gasteiger partial charge in [0.15, 0.2) is 11.6 Å². The Morgan fingerprint density at radius 1 is 0.414 bits per heavy atom. The predicted octanol–water partition coefficient (Wildman–Crippen LogP) is 13.7. The molecule has 0 spiro atoms. The first-order chi connectivity index (χ1) is 28.8. The highest BCUT2D eigenvalue weighted by molar-refractivity contribution is 7.26. The van der Waals surface area contributed by atoms with E-state index in [0.717, 1.165) is 81.7 Å². The lowest BCUT2D eigenvalue weighted by Crippen LogP contribution is -2.07. The summed E-state index contributed by atoms with van der Waals surface area (Å²) in [5, 5.41) is 9.17. The fourth-order valence-electron chi connectivity index (χ4n) is 9.06. The predicted molar refractivity (Wildman–Crippen MR) is 240 cm³/mol. The molecule has 0 saturated carbocycles. The van der Waals surface area contributed by atoms with E-state index >= 15 is 0 Å². The zero-order valence-electron chi connectivity index (χ0n) is 30.8. The molecule has 5 aromatic heterocycles. The highest BCUT2D eigenvalue weighted by atomic mass is 32.1. The first-order valence-corrected chi connectivity index (χ1v) is 20.2. The van der Waals surface area contributed by atoms with Crippen molar-refractivity contribution in [2.24, 2.45) is 0 Å². The van der Waals surface area contributed by atoms with Gasteiger partial charge in [-0.3, -0.25) is 4.57 Å². The Hall–Kier alpha value is -7.61. The van der Waals surface area contributed by atoms with Gasteiger partial charge >= 0.3 is 0 Å². The van der Waals surface area contributed by atoms with Gasteiger partial charge in [-0.25, -0.2) is 4.98 Å². The number of furan rings is 1. The molecule has 0 aliphatic rings. The number of fused-ring (bicyclic) bond motifs is 13. The van der Waals surface area contributed by atoms with Crippen molar-refractivity contribution in [2.45, 2.75) is 0 Å². The van der Waals surface area contributed by atoms with E-state index in [9.17, 15) is 0 Å². The van der Waals surface area contributed by atoms with Crippen LogP contribution in [0.15, 0.2) is 180 Å². The van der Waals surface area contributed by atoms with Crippen molar-refractivity contribution in [2.75, 3.05) is 0 Å². The van der Waals surface area contributed by atoms with E-state index in [-0.39, 0.29) is 0 Å². The van der Waals surface area contributed by atoms with Crippen LogP contribution >= 0.6 is 11.3 Å². The number of rotatable bonds is 4. The molecule has 0 fully saturated rings. The third-order valence-electron chi connectivity index (χ3n) is 11.6. The van der Waals surface area contributed by atoms with Crippen molar-refractivity contribution in [1.82, 2.24) is 24.1 Å². The van der Waals surface area contributed by atoms with Gasteiger partial charge in [-0.1, -0.05) is 121 Å². The lowest BCUT2D eigenvalue weighted by atomic mass is 10.1. The number of para-hydroxylation sites is 4. The summed E-state index contributed by atoms with van der Waals surface area (Å²) in [6, 6.07) is 61.9. The topological polar surface area (TPSA) is 61.7 Å². The second-order valence-corrected chi connectivity index (χ2v) is 15.8. The summed E-state index contributed by atoms with van der Waals surface area (Å²) in [7, 11) is 0. The molecule has 13 rings (SSSR count). The minimum absolute atomic E-state index is 0.548. The normalized spacial score (nSPS) is 12.1. The van der Waals surface area contributed by atoms with Crippen LogP contribution in [-0.4, -0.2) is 24.1 Å². The Bertz CT molecular complexity index is 3820. The molecule has 0 aliphatic carbocycles. The molecule has 7 heteroatoms. The van der Waals surface area contributed by atoms with Crippen LogP contribution in [0.5, 0.6) is 0 Å². The van der Waals surface area contributed by atoms with Crippen molar-refractivity contribution < 1.29 is 4.42 Å². The van der Waals surface area contributed by atoms with E-state index in [1.807, 2.05) is 18.2 Å². The lowest BCUT2D eigenvalue weighted by molar-refractivity contribution is 0.669. The third-order valence-corrected chi connectivity index (χ3v) is 12.8. The summed E-state index contributed by atoms with van der Waals surface area (Å²) < 4.78 is 13.4. The molecule has 0 amide bonds. The molecule has 0 aliphatic heterocycles. The van der Waals surface area contributed by atoms with Crippen molar-refractivity contribution in [3.63, 3.8) is 0 Å². The van der Waals surface area contributed by atoms with E-state index < -0.39 is 0 Å². The minimum atomic E-state index is 0.548. The second-order valence-electron chi connectivity index (χ2n) is 14.8. The average molecular weight is 760 g/mol. The standard InChI is InChI=1S/C51H29N5OS/c1-2-13-31(14-3-1)55-41-21-8-4-15-32(41)37-27-28-38-33-16-5-9-22-42(33)56(47(38)46(37)55)51-53-49(30-25-26-35-34-17-6-10-23-43(34)57-44(35)29-30)52-50(54-51)40-20-12-19-39-36-18-7-11-24-45(36)58-48(39)40/h1-29H. The van der Waals surface area contributed by atoms with Crippen molar-refractivity contribution in [3.8, 4) is 34.4 Å². The zero-order valence-corrected chi connectivity index (χ0v) is 31.6. The number of benzene rings is 8. The molecule has 0 N–H and O–H groups in total. The smallest absolute Gasteiger partial charge is 0.238 e. The van der Waals surface area contributed by atoms with Crippen LogP contribution in [0.2, 0.25) is 0 Å². The van der Waals surface area contributed by atoms with Crippen LogP contribution in [0, 0.1) is 0 Å². The van der Waals surface area contributed by atoms with Gasteiger partial charge in [0.2, 0.25) is 5.95 Å². The van der Waals surface area contributed by atoms with Crippen LogP contribution in [0.3, 0.4) is 0 Å². The molecular weight excluding hydrogens is 731 g/mol. The van der Waals surface area contributed by atoms with Gasteiger partial charge in [0.05, 0.1) is 22.1 Å². The van der Waals surface area contributed by atoms with Gasteiger partial charge in [0, 0.05) is 69.3 Å². The van der Waals surface area contributed by atoms with E-state index in [1.54, 1.807) is 11.3 Å². The minimum Gasteiger partial charge on any atom is -0.456 e. The molecule has 6 nitrogen and oxygen atoms in total. The molecule has 0 radical (unpaired) electrons. The number of aromatic nitrogens is 5. The van der Waals surface area contributed by atoms with E-state index in [0.29, 0.717) is 17.6 Å². The monoisotopic (exact) mass is 759 g/mol. The molecule has 0 saturated heterocycles. The molecule has 5 heterocycles. The Kier molecular flexibility index (Phi) is 6.50. The third kappa shape index (κ3) is 4.44. The largest absolute Gasteiger partial charge is 0.456 e. The van der Waals surface area contributed by atoms with Crippen LogP contribution in [0.4, 0.5) is 0 Å². The summed E-state index contributed by atoms with van der Waals surface area (Å²) in [5.41, 5.74) is 8.85. The fourth-order valence-corrected chi connectivity index (χ4v) is 10.3. The quantitative estimate of drug-likeness (QED) is 0.179. The number of nitrogens with zero attached hydrogens (tertiary/aromatic N) is 5. The molecule has 0 atom stereocenters. The van der Waals surface area contributed by atoms with Gasteiger partial charge in [0.1, 0.15) is 11.2 Å². The number of hydrogen-bond acceptors (Lipinski definition) is 5. The summed E-state index contributed by atoms with van der Waals surface area (Å²) in [6.07, 6.45) is 0. The van der Waals surface area contributed by atoms with Crippen LogP contribution in [0.1, 0.15) is 0 Å². The maximum Gasteiger partial charge on any atom is 0.238 e. The fraction of sp³-hybridized carbons (Fsp3) is 0. The Morgan fingerprint density at radius 3 is 1.83 bits per heavy atom. The first kappa shape index (κ1) is 31.6. The second kappa shape index (κ2) is 11.9. The Balaban J connectivity index is 1.17. The van der Waals surface area contributed by atoms with Crippen molar-refractivity contribution in [3.05, 3.63) is 176 Å². The lowest BCUT2D eigenvalue weighted by Gasteiger charge is -2.13. The zero-order chi connectivity index (χ0) is 37.9. The van der Waals surface area contributed by atoms with Gasteiger partial charge in [0.25, 0.3) is 0 Å². The van der Waals surface area contributed by atoms with Crippen LogP contribution < -0.4 is 0 Å². The average Bonchev–Trinajstić information content (AvgIpc) is 4.04. The van der Waals surface area contributed by atoms with E-state index in [2.05, 4.69) is 167 Å². The molecule has 8 aromatic carbocycles. The SMILES string of the molecule is c1ccc(-n2c3ccccc3c3ccc4c5ccccc5n(-c5nc(-c6ccc7c(c6)oc6ccccc67)nc(-c6cccc7c6sc6ccccc67)n5)c4c32)cc1. The number of thiophene rings is 1. The maximum absolute atomic E-state index is 6.39. The van der Waals surface area contributed by atoms with Crippen LogP contribution in [-0.2, 0) is 0 Å². The first-order valence-electron chi connectivity index (χ1n) is 19.4. The summed E-state index contributed by atoms with van der Waals surface area (Å²) in [6.45, 7) is 0. The van der Waals surface area contributed by atoms with Gasteiger partial charge in [-0.2, -0.15) is 9.97 Å². The van der Waals surface area contributed by atoms with Gasteiger partial charge in [-0.05, 0) is 54.6 Å². The summed E-state index contributed by atoms with van der Waals surface area (Å²) >= 11 is 1.78. The summed E-state index contributed by atoms with van der Waals surface area (Å²) in [5.74, 6) is 1.73. The van der Waals surface area contributed by atoms with Gasteiger partial charge in [-0.15, -0.1) is 11.3 Å². The highest BCUT2D eigenvalue weighted by Gasteiger charge is 2.24. The van der Waals surface area contributed by atoms with Crippen molar-refractivity contribution >= 4 is 97.1 Å². The number of hydrogen-bond donors (Lipinski definition) is 0. The van der Waals surface area contributed by atoms with Gasteiger partial charge < -0.3 is 8.98 Å². The molecule has 58 heavy (non-hydrogen) atoms. The molecular formula is C51H29N5OS. The molecule has 13 aromatic rings. The maximum atomic E-state index is 6.39. The van der Waals surface area contributed by atoms with E-state index in [4.69, 9.17) is 19.4 Å². The Morgan fingerprint density at radius 2 is 1.02 bits per heavy atom. The molecule has 270 valence electrons. The summed E-state index contributed by atoms with van der Waals surface area (Å²) in [4.78, 5) is 16.2. The highest BCUT2D eigenvalue weighted by Crippen LogP contribution is 2.43. The molecule has 0 bridgehead atoms. The Labute approximate surface area is 334 Å². The molecule has 0 unspecified atom stereocenters. The van der Waals surface area contributed by atoms with Crippen LogP contribution in [0.25, 0.3) is 120 Å².